The lowest BCUT2D eigenvalue weighted by molar-refractivity contribution is -0.189. The summed E-state index contributed by atoms with van der Waals surface area (Å²) in [5, 5.41) is 8.62. The van der Waals surface area contributed by atoms with Gasteiger partial charge in [0.25, 0.3) is 0 Å². The van der Waals surface area contributed by atoms with Gasteiger partial charge in [-0.2, -0.15) is 0 Å². The molecule has 0 aliphatic carbocycles. The molecule has 0 spiro atoms. The van der Waals surface area contributed by atoms with Crippen molar-refractivity contribution in [3.8, 4) is 0 Å². The summed E-state index contributed by atoms with van der Waals surface area (Å²) in [6.07, 6.45) is -0.574. The zero-order valence-corrected chi connectivity index (χ0v) is 7.20. The molecule has 12 heavy (non-hydrogen) atoms. The molecule has 1 fully saturated rings. The Bertz CT molecular complexity index is 236. The lowest BCUT2D eigenvalue weighted by Crippen LogP contribution is -2.66. The third kappa shape index (κ3) is 1.11. The first-order valence-electron chi connectivity index (χ1n) is 3.61. The van der Waals surface area contributed by atoms with Crippen molar-refractivity contribution in [2.75, 3.05) is 0 Å². The number of carbonyl (C=O) groups excluding carboxylic acids is 1. The molecule has 1 rings (SSSR count). The monoisotopic (exact) mass is 173 g/mol. The average molecular weight is 173 g/mol. The van der Waals surface area contributed by atoms with Gasteiger partial charge in [-0.3, -0.25) is 4.90 Å². The number of carboxylic acid groups (broad SMARTS) is 1. The molecule has 1 aliphatic rings. The smallest absolute Gasteiger partial charge is 0.415 e. The predicted molar refractivity (Wildman–Crippen MR) is 39.5 cm³/mol. The number of amides is 1. The van der Waals surface area contributed by atoms with Gasteiger partial charge in [-0.05, 0) is 20.8 Å². The highest BCUT2D eigenvalue weighted by Gasteiger charge is 2.50. The highest BCUT2D eigenvalue weighted by Crippen LogP contribution is 2.30. The lowest BCUT2D eigenvalue weighted by Gasteiger charge is -2.48. The normalized spacial score (nSPS) is 22.6. The zero-order chi connectivity index (χ0) is 9.52. The van der Waals surface area contributed by atoms with Crippen molar-refractivity contribution in [3.63, 3.8) is 0 Å². The Kier molecular flexibility index (Phi) is 1.74. The van der Waals surface area contributed by atoms with E-state index in [4.69, 9.17) is 9.84 Å². The van der Waals surface area contributed by atoms with Gasteiger partial charge >= 0.3 is 12.1 Å². The Morgan fingerprint density at radius 3 is 2.33 bits per heavy atom. The van der Waals surface area contributed by atoms with E-state index in [1.54, 1.807) is 13.8 Å². The number of cyclic esters (lactones) is 1. The van der Waals surface area contributed by atoms with Crippen LogP contribution in [0.15, 0.2) is 0 Å². The summed E-state index contributed by atoms with van der Waals surface area (Å²) in [6.45, 7) is 4.74. The van der Waals surface area contributed by atoms with Crippen LogP contribution in [0.2, 0.25) is 0 Å². The fourth-order valence-corrected chi connectivity index (χ4v) is 1.23. The topological polar surface area (TPSA) is 66.8 Å². The van der Waals surface area contributed by atoms with Crippen molar-refractivity contribution >= 4 is 12.1 Å². The molecular weight excluding hydrogens is 162 g/mol. The van der Waals surface area contributed by atoms with Crippen LogP contribution in [0.1, 0.15) is 20.8 Å². The summed E-state index contributed by atoms with van der Waals surface area (Å²) in [7, 11) is 0. The average Bonchev–Trinajstić information content (AvgIpc) is 1.84. The third-order valence-corrected chi connectivity index (χ3v) is 1.86. The molecule has 0 aromatic heterocycles. The Hall–Kier alpha value is -1.26. The molecule has 1 saturated heterocycles. The van der Waals surface area contributed by atoms with Gasteiger partial charge in [0, 0.05) is 0 Å². The first-order valence-corrected chi connectivity index (χ1v) is 3.61. The van der Waals surface area contributed by atoms with E-state index < -0.39 is 23.8 Å². The van der Waals surface area contributed by atoms with Gasteiger partial charge < -0.3 is 9.84 Å². The van der Waals surface area contributed by atoms with Crippen molar-refractivity contribution in [2.45, 2.75) is 32.5 Å². The fraction of sp³-hybridized carbons (Fsp3) is 0.714. The van der Waals surface area contributed by atoms with Gasteiger partial charge in [-0.1, -0.05) is 0 Å². The van der Waals surface area contributed by atoms with Crippen molar-refractivity contribution in [3.05, 3.63) is 0 Å². The van der Waals surface area contributed by atoms with Crippen LogP contribution in [0.4, 0.5) is 4.79 Å². The summed E-state index contributed by atoms with van der Waals surface area (Å²) in [6, 6.07) is -0.832. The largest absolute Gasteiger partial charge is 0.480 e. The van der Waals surface area contributed by atoms with Gasteiger partial charge in [0.2, 0.25) is 0 Å². The summed E-state index contributed by atoms with van der Waals surface area (Å²) >= 11 is 0. The fourth-order valence-electron chi connectivity index (χ4n) is 1.23. The molecule has 1 amide bonds. The van der Waals surface area contributed by atoms with E-state index in [0.29, 0.717) is 0 Å². The molecule has 0 radical (unpaired) electrons. The molecule has 1 N–H and O–H groups in total. The number of aliphatic carboxylic acids is 1. The van der Waals surface area contributed by atoms with Crippen molar-refractivity contribution in [1.82, 2.24) is 4.90 Å². The van der Waals surface area contributed by atoms with E-state index in [-0.39, 0.29) is 0 Å². The number of rotatable bonds is 2. The Morgan fingerprint density at radius 2 is 2.17 bits per heavy atom. The lowest BCUT2D eigenvalue weighted by atomic mass is 10.1. The molecule has 5 heteroatoms. The minimum atomic E-state index is -1.03. The second kappa shape index (κ2) is 2.36. The molecule has 0 aromatic rings. The van der Waals surface area contributed by atoms with Crippen molar-refractivity contribution < 1.29 is 19.4 Å². The van der Waals surface area contributed by atoms with E-state index in [1.807, 2.05) is 0 Å². The van der Waals surface area contributed by atoms with Crippen molar-refractivity contribution in [1.29, 1.82) is 0 Å². The summed E-state index contributed by atoms with van der Waals surface area (Å²) < 4.78 is 4.73. The van der Waals surface area contributed by atoms with Crippen LogP contribution in [-0.4, -0.2) is 33.8 Å². The minimum Gasteiger partial charge on any atom is -0.480 e. The van der Waals surface area contributed by atoms with Gasteiger partial charge in [0.05, 0.1) is 0 Å². The summed E-state index contributed by atoms with van der Waals surface area (Å²) in [4.78, 5) is 22.5. The molecule has 1 heterocycles. The molecule has 0 saturated carbocycles. The second-order valence-electron chi connectivity index (χ2n) is 3.20. The second-order valence-corrected chi connectivity index (χ2v) is 3.20. The quantitative estimate of drug-likeness (QED) is 0.665. The van der Waals surface area contributed by atoms with Crippen molar-refractivity contribution in [2.24, 2.45) is 0 Å². The maximum Gasteiger partial charge on any atom is 0.415 e. The van der Waals surface area contributed by atoms with Crippen LogP contribution in [0, 0.1) is 0 Å². The summed E-state index contributed by atoms with van der Waals surface area (Å²) in [5.74, 6) is -1.03. The zero-order valence-electron chi connectivity index (χ0n) is 7.20. The Labute approximate surface area is 69.9 Å². The van der Waals surface area contributed by atoms with E-state index >= 15 is 0 Å². The number of hydrogen-bond acceptors (Lipinski definition) is 3. The molecule has 1 atom stereocenters. The number of ether oxygens (including phenoxy) is 1. The molecule has 68 valence electrons. The van der Waals surface area contributed by atoms with E-state index in [0.717, 1.165) is 0 Å². The molecule has 0 bridgehead atoms. The van der Waals surface area contributed by atoms with Crippen LogP contribution in [-0.2, 0) is 9.53 Å². The van der Waals surface area contributed by atoms with Crippen LogP contribution in [0.5, 0.6) is 0 Å². The highest BCUT2D eigenvalue weighted by molar-refractivity contribution is 5.83. The van der Waals surface area contributed by atoms with E-state index in [9.17, 15) is 9.59 Å². The molecule has 0 aromatic carbocycles. The van der Waals surface area contributed by atoms with Crippen LogP contribution in [0.25, 0.3) is 0 Å². The standard InChI is InChI=1S/C7H11NO4/c1-4(5(9)10)8-6(11)12-7(8,2)3/h4H,1-3H3,(H,9,10). The van der Waals surface area contributed by atoms with E-state index in [1.165, 1.54) is 11.8 Å². The van der Waals surface area contributed by atoms with Gasteiger partial charge in [0.15, 0.2) is 5.72 Å². The number of carboxylic acids is 1. The van der Waals surface area contributed by atoms with Crippen LogP contribution < -0.4 is 0 Å². The van der Waals surface area contributed by atoms with E-state index in [2.05, 4.69) is 0 Å². The number of carbonyl (C=O) groups is 2. The van der Waals surface area contributed by atoms with Crippen LogP contribution >= 0.6 is 0 Å². The third-order valence-electron chi connectivity index (χ3n) is 1.86. The Balaban J connectivity index is 2.74. The maximum absolute atomic E-state index is 10.8. The highest BCUT2D eigenvalue weighted by atomic mass is 16.6. The predicted octanol–water partition coefficient (Wildman–Crippen LogP) is 0.648. The van der Waals surface area contributed by atoms with Gasteiger partial charge in [-0.15, -0.1) is 0 Å². The Morgan fingerprint density at radius 1 is 1.67 bits per heavy atom. The molecule has 1 unspecified atom stereocenters. The maximum atomic E-state index is 10.8. The molecule has 5 nitrogen and oxygen atoms in total. The van der Waals surface area contributed by atoms with Gasteiger partial charge in [-0.25, -0.2) is 9.59 Å². The van der Waals surface area contributed by atoms with Crippen LogP contribution in [0.3, 0.4) is 0 Å². The SMILES string of the molecule is CC(C(=O)O)N1C(=O)OC1(C)C. The molecule has 1 aliphatic heterocycles. The number of hydrogen-bond donors (Lipinski definition) is 1. The first-order chi connectivity index (χ1) is 5.36. The minimum absolute atomic E-state index is 0.574. The molecular formula is C7H11NO4. The number of nitrogens with zero attached hydrogens (tertiary/aromatic N) is 1. The summed E-state index contributed by atoms with van der Waals surface area (Å²) in [5.41, 5.74) is -0.783. The van der Waals surface area contributed by atoms with Gasteiger partial charge in [0.1, 0.15) is 6.04 Å². The first kappa shape index (κ1) is 8.83.